The number of rotatable bonds is 6. The second-order valence-corrected chi connectivity index (χ2v) is 9.23. The van der Waals surface area contributed by atoms with E-state index in [4.69, 9.17) is 0 Å². The largest absolute Gasteiger partial charge is 0.354 e. The fourth-order valence-corrected chi connectivity index (χ4v) is 4.49. The minimum atomic E-state index is -3.50. The second-order valence-electron chi connectivity index (χ2n) is 7.33. The first kappa shape index (κ1) is 21.8. The van der Waals surface area contributed by atoms with Crippen LogP contribution < -0.4 is 9.62 Å². The minimum Gasteiger partial charge on any atom is -0.354 e. The summed E-state index contributed by atoms with van der Waals surface area (Å²) in [6, 6.07) is 9.17. The molecule has 0 aliphatic heterocycles. The molecule has 1 heterocycles. The molecule has 0 aliphatic rings. The molecule has 0 bridgehead atoms. The van der Waals surface area contributed by atoms with Gasteiger partial charge in [-0.05, 0) is 54.8 Å². The van der Waals surface area contributed by atoms with Gasteiger partial charge in [-0.1, -0.05) is 13.8 Å². The number of hydrogen-bond donors (Lipinski definition) is 1. The van der Waals surface area contributed by atoms with E-state index in [1.807, 2.05) is 19.9 Å². The minimum absolute atomic E-state index is 0.00640. The van der Waals surface area contributed by atoms with E-state index < -0.39 is 15.8 Å². The Morgan fingerprint density at radius 1 is 1.23 bits per heavy atom. The van der Waals surface area contributed by atoms with E-state index in [2.05, 4.69) is 10.4 Å². The Morgan fingerprint density at radius 2 is 1.87 bits per heavy atom. The number of nitrogens with zero attached hydrogens (tertiary/aromatic N) is 3. The zero-order valence-electron chi connectivity index (χ0n) is 17.6. The Balaban J connectivity index is 2.38. The van der Waals surface area contributed by atoms with Gasteiger partial charge in [0.2, 0.25) is 10.0 Å². The fourth-order valence-electron chi connectivity index (χ4n) is 3.51. The van der Waals surface area contributed by atoms with Gasteiger partial charge in [-0.15, -0.1) is 0 Å². The molecule has 0 spiro atoms. The molecule has 7 nitrogen and oxygen atoms in total. The number of sulfonamides is 1. The summed E-state index contributed by atoms with van der Waals surface area (Å²) in [6.07, 6.45) is 1.16. The molecule has 2 aromatic carbocycles. The number of benzene rings is 2. The van der Waals surface area contributed by atoms with Crippen molar-refractivity contribution in [3.63, 3.8) is 0 Å². The van der Waals surface area contributed by atoms with Gasteiger partial charge in [0.25, 0.3) is 5.91 Å². The Labute approximate surface area is 175 Å². The molecule has 1 aromatic heterocycles. The predicted octanol–water partition coefficient (Wildman–Crippen LogP) is 3.43. The molecule has 0 radical (unpaired) electrons. The quantitative estimate of drug-likeness (QED) is 0.647. The van der Waals surface area contributed by atoms with Crippen LogP contribution >= 0.6 is 0 Å². The number of nitrogens with one attached hydrogen (secondary N) is 1. The molecule has 0 saturated carbocycles. The molecule has 3 aromatic rings. The first-order valence-corrected chi connectivity index (χ1v) is 11.5. The molecule has 0 unspecified atom stereocenters. The summed E-state index contributed by atoms with van der Waals surface area (Å²) in [6.45, 7) is 5.96. The van der Waals surface area contributed by atoms with Gasteiger partial charge in [0.15, 0.2) is 0 Å². The molecule has 30 heavy (non-hydrogen) atoms. The van der Waals surface area contributed by atoms with Crippen molar-refractivity contribution in [2.75, 3.05) is 24.2 Å². The zero-order valence-corrected chi connectivity index (χ0v) is 18.4. The van der Waals surface area contributed by atoms with Crippen LogP contribution in [0.4, 0.5) is 10.1 Å². The lowest BCUT2D eigenvalue weighted by molar-refractivity contribution is 0.0957. The molecular weight excluding hydrogens is 407 g/mol. The van der Waals surface area contributed by atoms with Crippen molar-refractivity contribution in [3.8, 4) is 5.69 Å². The van der Waals surface area contributed by atoms with Crippen LogP contribution in [0.5, 0.6) is 0 Å². The first-order valence-electron chi connectivity index (χ1n) is 9.60. The van der Waals surface area contributed by atoms with Crippen LogP contribution in [0, 0.1) is 5.82 Å². The number of carbonyl (C=O) groups excluding carboxylic acids is 1. The van der Waals surface area contributed by atoms with Crippen LogP contribution in [0.25, 0.3) is 16.6 Å². The SMILES string of the molecule is CCN(c1cc2nn(-c3ccc(F)cc3)c(C(=O)NC)c2cc1C(C)C)S(C)(=O)=O. The lowest BCUT2D eigenvalue weighted by Crippen LogP contribution is -2.30. The Kier molecular flexibility index (Phi) is 5.85. The maximum atomic E-state index is 13.4. The van der Waals surface area contributed by atoms with Crippen molar-refractivity contribution in [1.82, 2.24) is 15.1 Å². The van der Waals surface area contributed by atoms with Gasteiger partial charge in [-0.2, -0.15) is 5.10 Å². The summed E-state index contributed by atoms with van der Waals surface area (Å²) in [4.78, 5) is 12.7. The van der Waals surface area contributed by atoms with Gasteiger partial charge in [0, 0.05) is 19.0 Å². The van der Waals surface area contributed by atoms with Crippen molar-refractivity contribution in [1.29, 1.82) is 0 Å². The molecule has 0 aliphatic carbocycles. The summed E-state index contributed by atoms with van der Waals surface area (Å²) in [5.41, 5.74) is 2.62. The average molecular weight is 433 g/mol. The topological polar surface area (TPSA) is 84.3 Å². The lowest BCUT2D eigenvalue weighted by Gasteiger charge is -2.25. The number of anilines is 1. The number of halogens is 1. The Bertz CT molecular complexity index is 1200. The molecule has 0 atom stereocenters. The Morgan fingerprint density at radius 3 is 2.37 bits per heavy atom. The highest BCUT2D eigenvalue weighted by Crippen LogP contribution is 2.35. The van der Waals surface area contributed by atoms with E-state index in [-0.39, 0.29) is 18.4 Å². The summed E-state index contributed by atoms with van der Waals surface area (Å²) >= 11 is 0. The fraction of sp³-hybridized carbons (Fsp3) is 0.333. The van der Waals surface area contributed by atoms with E-state index in [9.17, 15) is 17.6 Å². The number of carbonyl (C=O) groups is 1. The molecule has 0 saturated heterocycles. The van der Waals surface area contributed by atoms with Gasteiger partial charge in [0.1, 0.15) is 11.5 Å². The van der Waals surface area contributed by atoms with E-state index in [0.717, 1.165) is 11.8 Å². The summed E-state index contributed by atoms with van der Waals surface area (Å²) < 4.78 is 40.9. The molecule has 9 heteroatoms. The van der Waals surface area contributed by atoms with E-state index in [0.29, 0.717) is 28.0 Å². The monoisotopic (exact) mass is 432 g/mol. The van der Waals surface area contributed by atoms with Crippen molar-refractivity contribution >= 4 is 32.5 Å². The molecule has 1 N–H and O–H groups in total. The highest BCUT2D eigenvalue weighted by molar-refractivity contribution is 7.92. The van der Waals surface area contributed by atoms with Crippen LogP contribution in [0.2, 0.25) is 0 Å². The highest BCUT2D eigenvalue weighted by Gasteiger charge is 2.25. The van der Waals surface area contributed by atoms with E-state index in [1.54, 1.807) is 13.0 Å². The molecule has 1 amide bonds. The van der Waals surface area contributed by atoms with Crippen LogP contribution in [0.1, 0.15) is 42.7 Å². The van der Waals surface area contributed by atoms with Gasteiger partial charge in [-0.25, -0.2) is 17.5 Å². The molecule has 3 rings (SSSR count). The van der Waals surface area contributed by atoms with Crippen LogP contribution in [-0.4, -0.2) is 44.0 Å². The lowest BCUT2D eigenvalue weighted by atomic mass is 9.98. The number of hydrogen-bond acceptors (Lipinski definition) is 4. The smallest absolute Gasteiger partial charge is 0.270 e. The van der Waals surface area contributed by atoms with Crippen molar-refractivity contribution in [3.05, 3.63) is 53.5 Å². The standard InChI is InChI=1S/C21H25FN4O3S/c1-6-25(30(5,28)29)19-12-18-17(11-16(19)13(2)3)20(21(27)23-4)26(24-18)15-9-7-14(22)8-10-15/h7-13H,6H2,1-5H3,(H,23,27). The van der Waals surface area contributed by atoms with E-state index >= 15 is 0 Å². The van der Waals surface area contributed by atoms with Crippen LogP contribution in [-0.2, 0) is 10.0 Å². The normalized spacial score (nSPS) is 11.8. The van der Waals surface area contributed by atoms with Crippen LogP contribution in [0.3, 0.4) is 0 Å². The molecule has 0 fully saturated rings. The summed E-state index contributed by atoms with van der Waals surface area (Å²) in [7, 11) is -1.97. The third-order valence-electron chi connectivity index (χ3n) is 4.91. The third kappa shape index (κ3) is 3.89. The third-order valence-corrected chi connectivity index (χ3v) is 6.17. The second kappa shape index (κ2) is 8.06. The van der Waals surface area contributed by atoms with E-state index in [1.165, 1.54) is 40.3 Å². The predicted molar refractivity (Wildman–Crippen MR) is 116 cm³/mol. The zero-order chi connectivity index (χ0) is 22.2. The van der Waals surface area contributed by atoms with Crippen molar-refractivity contribution in [2.45, 2.75) is 26.7 Å². The maximum Gasteiger partial charge on any atom is 0.270 e. The summed E-state index contributed by atoms with van der Waals surface area (Å²) in [5, 5.41) is 7.77. The Hall–Kier alpha value is -2.94. The highest BCUT2D eigenvalue weighted by atomic mass is 32.2. The number of amides is 1. The first-order chi connectivity index (χ1) is 14.1. The number of aromatic nitrogens is 2. The molecule has 160 valence electrons. The van der Waals surface area contributed by atoms with Crippen molar-refractivity contribution < 1.29 is 17.6 Å². The van der Waals surface area contributed by atoms with Crippen LogP contribution in [0.15, 0.2) is 36.4 Å². The van der Waals surface area contributed by atoms with Gasteiger partial charge in [-0.3, -0.25) is 9.10 Å². The molecular formula is C21H25FN4O3S. The van der Waals surface area contributed by atoms with Gasteiger partial charge >= 0.3 is 0 Å². The van der Waals surface area contributed by atoms with Crippen molar-refractivity contribution in [2.24, 2.45) is 0 Å². The van der Waals surface area contributed by atoms with Gasteiger partial charge in [0.05, 0.1) is 23.1 Å². The maximum absolute atomic E-state index is 13.4. The summed E-state index contributed by atoms with van der Waals surface area (Å²) in [5.74, 6) is -0.736. The average Bonchev–Trinajstić information content (AvgIpc) is 3.05. The number of fused-ring (bicyclic) bond motifs is 1. The van der Waals surface area contributed by atoms with Gasteiger partial charge < -0.3 is 5.32 Å².